The fourth-order valence-electron chi connectivity index (χ4n) is 3.64. The Labute approximate surface area is 162 Å². The summed E-state index contributed by atoms with van der Waals surface area (Å²) < 4.78 is 35.6. The Morgan fingerprint density at radius 2 is 2.19 bits per heavy atom. The molecular formula is C18H22N4O3S2. The second-order valence-electron chi connectivity index (χ2n) is 6.95. The van der Waals surface area contributed by atoms with E-state index in [4.69, 9.17) is 4.52 Å². The number of piperidine rings is 1. The van der Waals surface area contributed by atoms with Crippen molar-refractivity contribution < 1.29 is 12.9 Å². The monoisotopic (exact) mass is 406 g/mol. The van der Waals surface area contributed by atoms with Crippen LogP contribution in [0, 0.1) is 19.8 Å². The van der Waals surface area contributed by atoms with Gasteiger partial charge in [-0.05, 0) is 44.7 Å². The Kier molecular flexibility index (Phi) is 4.92. The first-order valence-corrected chi connectivity index (χ1v) is 11.2. The van der Waals surface area contributed by atoms with Gasteiger partial charge in [0.25, 0.3) is 10.0 Å². The standard InChI is InChI=1S/C18H22N4O3S2/c1-13-18(14(2)25-20-13)16-5-6-17(26-16)27(23,24)22-8-3-4-15(11-22)10-21-9-7-19-12-21/h5-7,9,12,15H,3-4,8,10-11H2,1-2H3. The molecular weight excluding hydrogens is 384 g/mol. The molecule has 3 aromatic rings. The van der Waals surface area contributed by atoms with Crippen LogP contribution in [0.4, 0.5) is 0 Å². The van der Waals surface area contributed by atoms with E-state index in [0.717, 1.165) is 35.5 Å². The summed E-state index contributed by atoms with van der Waals surface area (Å²) in [5.41, 5.74) is 1.66. The summed E-state index contributed by atoms with van der Waals surface area (Å²) in [6.07, 6.45) is 7.35. The van der Waals surface area contributed by atoms with E-state index in [9.17, 15) is 8.42 Å². The first-order valence-electron chi connectivity index (χ1n) is 8.94. The van der Waals surface area contributed by atoms with Crippen LogP contribution in [-0.4, -0.2) is 40.5 Å². The molecule has 1 saturated heterocycles. The Balaban J connectivity index is 1.54. The van der Waals surface area contributed by atoms with Gasteiger partial charge in [-0.25, -0.2) is 13.4 Å². The summed E-state index contributed by atoms with van der Waals surface area (Å²) in [4.78, 5) is 4.94. The van der Waals surface area contributed by atoms with Gasteiger partial charge in [-0.1, -0.05) is 5.16 Å². The third-order valence-electron chi connectivity index (χ3n) is 4.97. The molecule has 1 fully saturated rings. The lowest BCUT2D eigenvalue weighted by Crippen LogP contribution is -2.40. The summed E-state index contributed by atoms with van der Waals surface area (Å²) in [6, 6.07) is 3.54. The van der Waals surface area contributed by atoms with Gasteiger partial charge in [0.1, 0.15) is 9.97 Å². The van der Waals surface area contributed by atoms with Crippen LogP contribution in [0.25, 0.3) is 10.4 Å². The van der Waals surface area contributed by atoms with Crippen molar-refractivity contribution in [1.29, 1.82) is 0 Å². The van der Waals surface area contributed by atoms with Crippen molar-refractivity contribution in [2.45, 2.75) is 37.4 Å². The van der Waals surface area contributed by atoms with E-state index in [0.29, 0.717) is 29.0 Å². The molecule has 0 saturated carbocycles. The van der Waals surface area contributed by atoms with Crippen LogP contribution < -0.4 is 0 Å². The van der Waals surface area contributed by atoms with Crippen molar-refractivity contribution in [3.63, 3.8) is 0 Å². The molecule has 0 N–H and O–H groups in total. The van der Waals surface area contributed by atoms with Gasteiger partial charge in [-0.15, -0.1) is 11.3 Å². The molecule has 0 radical (unpaired) electrons. The first-order chi connectivity index (χ1) is 12.9. The molecule has 0 bridgehead atoms. The first kappa shape index (κ1) is 18.4. The third kappa shape index (κ3) is 3.59. The third-order valence-corrected chi connectivity index (χ3v) is 8.40. The number of nitrogens with zero attached hydrogens (tertiary/aromatic N) is 4. The Bertz CT molecular complexity index is 1000. The van der Waals surface area contributed by atoms with Crippen molar-refractivity contribution in [3.05, 3.63) is 42.3 Å². The number of thiophene rings is 1. The van der Waals surface area contributed by atoms with Crippen molar-refractivity contribution in [2.24, 2.45) is 5.92 Å². The number of hydrogen-bond acceptors (Lipinski definition) is 6. The topological polar surface area (TPSA) is 81.2 Å². The van der Waals surface area contributed by atoms with E-state index >= 15 is 0 Å². The lowest BCUT2D eigenvalue weighted by molar-refractivity contribution is 0.245. The average Bonchev–Trinajstić information content (AvgIpc) is 3.38. The molecule has 1 aliphatic rings. The van der Waals surface area contributed by atoms with E-state index in [1.54, 1.807) is 22.9 Å². The Hall–Kier alpha value is -1.97. The van der Waals surface area contributed by atoms with Crippen molar-refractivity contribution in [2.75, 3.05) is 13.1 Å². The highest BCUT2D eigenvalue weighted by Crippen LogP contribution is 2.36. The lowest BCUT2D eigenvalue weighted by Gasteiger charge is -2.31. The molecule has 4 heterocycles. The van der Waals surface area contributed by atoms with Gasteiger partial charge in [-0.3, -0.25) is 0 Å². The number of sulfonamides is 1. The second-order valence-corrected chi connectivity index (χ2v) is 10.2. The minimum Gasteiger partial charge on any atom is -0.361 e. The molecule has 0 amide bonds. The Morgan fingerprint density at radius 3 is 2.89 bits per heavy atom. The summed E-state index contributed by atoms with van der Waals surface area (Å²) in [6.45, 7) is 5.61. The molecule has 7 nitrogen and oxygen atoms in total. The summed E-state index contributed by atoms with van der Waals surface area (Å²) in [5.74, 6) is 1.00. The van der Waals surface area contributed by atoms with E-state index in [-0.39, 0.29) is 0 Å². The van der Waals surface area contributed by atoms with Crippen LogP contribution in [-0.2, 0) is 16.6 Å². The maximum atomic E-state index is 13.2. The van der Waals surface area contributed by atoms with Gasteiger partial charge >= 0.3 is 0 Å². The maximum Gasteiger partial charge on any atom is 0.252 e. The van der Waals surface area contributed by atoms with E-state index in [2.05, 4.69) is 10.1 Å². The molecule has 144 valence electrons. The maximum absolute atomic E-state index is 13.2. The number of hydrogen-bond donors (Lipinski definition) is 0. The SMILES string of the molecule is Cc1noc(C)c1-c1ccc(S(=O)(=O)N2CCCC(Cn3ccnc3)C2)s1. The number of aromatic nitrogens is 3. The highest BCUT2D eigenvalue weighted by molar-refractivity contribution is 7.91. The van der Waals surface area contributed by atoms with Crippen molar-refractivity contribution >= 4 is 21.4 Å². The normalized spacial score (nSPS) is 18.8. The van der Waals surface area contributed by atoms with Gasteiger partial charge in [0.2, 0.25) is 0 Å². The van der Waals surface area contributed by atoms with Gasteiger partial charge in [0.15, 0.2) is 0 Å². The van der Waals surface area contributed by atoms with Crippen LogP contribution in [0.2, 0.25) is 0 Å². The predicted molar refractivity (Wildman–Crippen MR) is 103 cm³/mol. The minimum atomic E-state index is -3.49. The van der Waals surface area contributed by atoms with Gasteiger partial charge in [-0.2, -0.15) is 4.31 Å². The molecule has 0 aromatic carbocycles. The lowest BCUT2D eigenvalue weighted by atomic mass is 10.00. The predicted octanol–water partition coefficient (Wildman–Crippen LogP) is 3.32. The summed E-state index contributed by atoms with van der Waals surface area (Å²) in [7, 11) is -3.49. The van der Waals surface area contributed by atoms with Crippen LogP contribution in [0.5, 0.6) is 0 Å². The molecule has 0 aliphatic carbocycles. The smallest absolute Gasteiger partial charge is 0.252 e. The zero-order valence-corrected chi connectivity index (χ0v) is 17.0. The van der Waals surface area contributed by atoms with E-state index < -0.39 is 10.0 Å². The zero-order chi connectivity index (χ0) is 19.0. The molecule has 0 spiro atoms. The molecule has 9 heteroatoms. The van der Waals surface area contributed by atoms with Crippen LogP contribution in [0.15, 0.2) is 39.6 Å². The molecule has 3 aromatic heterocycles. The molecule has 1 unspecified atom stereocenters. The number of imidazole rings is 1. The van der Waals surface area contributed by atoms with Gasteiger partial charge in [0, 0.05) is 36.9 Å². The fourth-order valence-corrected chi connectivity index (χ4v) is 6.80. The van der Waals surface area contributed by atoms with Gasteiger partial charge in [0.05, 0.1) is 17.6 Å². The number of rotatable bonds is 5. The largest absolute Gasteiger partial charge is 0.361 e. The quantitative estimate of drug-likeness (QED) is 0.649. The fraction of sp³-hybridized carbons (Fsp3) is 0.444. The highest BCUT2D eigenvalue weighted by Gasteiger charge is 2.32. The van der Waals surface area contributed by atoms with Crippen LogP contribution in [0.3, 0.4) is 0 Å². The van der Waals surface area contributed by atoms with E-state index in [1.165, 1.54) is 11.3 Å². The summed E-state index contributed by atoms with van der Waals surface area (Å²) in [5, 5.41) is 3.96. The minimum absolute atomic E-state index is 0.296. The zero-order valence-electron chi connectivity index (χ0n) is 15.3. The number of aryl methyl sites for hydroxylation is 2. The average molecular weight is 407 g/mol. The molecule has 1 atom stereocenters. The van der Waals surface area contributed by atoms with E-state index in [1.807, 2.05) is 30.7 Å². The molecule has 27 heavy (non-hydrogen) atoms. The Morgan fingerprint density at radius 1 is 1.33 bits per heavy atom. The van der Waals surface area contributed by atoms with Crippen molar-refractivity contribution in [1.82, 2.24) is 19.0 Å². The molecule has 4 rings (SSSR count). The van der Waals surface area contributed by atoms with Crippen LogP contribution >= 0.6 is 11.3 Å². The van der Waals surface area contributed by atoms with Crippen molar-refractivity contribution in [3.8, 4) is 10.4 Å². The second kappa shape index (κ2) is 7.21. The molecule has 1 aliphatic heterocycles. The summed E-state index contributed by atoms with van der Waals surface area (Å²) >= 11 is 1.28. The van der Waals surface area contributed by atoms with Gasteiger partial charge < -0.3 is 9.09 Å². The highest BCUT2D eigenvalue weighted by atomic mass is 32.2. The van der Waals surface area contributed by atoms with Crippen LogP contribution in [0.1, 0.15) is 24.3 Å².